The predicted molar refractivity (Wildman–Crippen MR) is 169 cm³/mol. The van der Waals surface area contributed by atoms with E-state index in [4.69, 9.17) is 21.8 Å². The zero-order chi connectivity index (χ0) is 26.4. The van der Waals surface area contributed by atoms with Crippen LogP contribution in [0.5, 0.6) is 0 Å². The number of hydrogen-bond donors (Lipinski definition) is 0. The van der Waals surface area contributed by atoms with Crippen molar-refractivity contribution in [1.29, 1.82) is 0 Å². The van der Waals surface area contributed by atoms with E-state index in [9.17, 15) is 0 Å². The number of benzene rings is 4. The summed E-state index contributed by atoms with van der Waals surface area (Å²) in [5, 5.41) is 2.51. The van der Waals surface area contributed by atoms with Crippen LogP contribution in [0, 0.1) is 0 Å². The number of para-hydroxylation sites is 1. The SMILES string of the molecule is CC(C)c1cccc(C(C)C)c1[N]([Ge][Cl])[C@@H](CP(=S)(c1ccccc1)c1ccccc1)c1ccccc1. The van der Waals surface area contributed by atoms with E-state index in [0.29, 0.717) is 11.8 Å². The summed E-state index contributed by atoms with van der Waals surface area (Å²) >= 11 is 5.78. The van der Waals surface area contributed by atoms with Crippen molar-refractivity contribution in [2.45, 2.75) is 45.6 Å². The van der Waals surface area contributed by atoms with Gasteiger partial charge in [-0.25, -0.2) is 0 Å². The van der Waals surface area contributed by atoms with Crippen LogP contribution in [0.15, 0.2) is 109 Å². The van der Waals surface area contributed by atoms with Gasteiger partial charge in [0.05, 0.1) is 0 Å². The van der Waals surface area contributed by atoms with Crippen LogP contribution in [-0.4, -0.2) is 20.9 Å². The minimum absolute atomic E-state index is 0.0855. The second kappa shape index (κ2) is 12.8. The Morgan fingerprint density at radius 1 is 0.676 bits per heavy atom. The Hall–Kier alpha value is -1.84. The molecule has 0 heterocycles. The van der Waals surface area contributed by atoms with Crippen LogP contribution >= 0.6 is 16.0 Å². The molecule has 0 saturated carbocycles. The van der Waals surface area contributed by atoms with Gasteiger partial charge in [-0.3, -0.25) is 0 Å². The van der Waals surface area contributed by atoms with Crippen LogP contribution in [0.25, 0.3) is 0 Å². The first-order valence-electron chi connectivity index (χ1n) is 12.9. The Morgan fingerprint density at radius 2 is 1.11 bits per heavy atom. The Morgan fingerprint density at radius 3 is 1.51 bits per heavy atom. The monoisotopic (exact) mass is 605 g/mol. The van der Waals surface area contributed by atoms with Gasteiger partial charge < -0.3 is 0 Å². The van der Waals surface area contributed by atoms with Crippen molar-refractivity contribution in [2.75, 3.05) is 10.0 Å². The zero-order valence-corrected chi connectivity index (χ0v) is 26.6. The van der Waals surface area contributed by atoms with Gasteiger partial charge >= 0.3 is 240 Å². The Labute approximate surface area is 239 Å². The normalized spacial score (nSPS) is 12.6. The van der Waals surface area contributed by atoms with E-state index >= 15 is 0 Å². The van der Waals surface area contributed by atoms with Gasteiger partial charge in [-0.15, -0.1) is 0 Å². The quantitative estimate of drug-likeness (QED) is 0.132. The molecule has 0 amide bonds. The molecule has 1 nitrogen and oxygen atoms in total. The van der Waals surface area contributed by atoms with Crippen molar-refractivity contribution < 1.29 is 0 Å². The summed E-state index contributed by atoms with van der Waals surface area (Å²) in [6, 6.07) is 37.1. The summed E-state index contributed by atoms with van der Waals surface area (Å²) in [7, 11) is 7.05. The third kappa shape index (κ3) is 6.26. The fourth-order valence-corrected chi connectivity index (χ4v) is 11.9. The van der Waals surface area contributed by atoms with Crippen LogP contribution in [-0.2, 0) is 11.8 Å². The molecule has 4 aromatic rings. The van der Waals surface area contributed by atoms with E-state index in [1.54, 1.807) is 0 Å². The number of anilines is 1. The van der Waals surface area contributed by atoms with Gasteiger partial charge in [-0.2, -0.15) is 0 Å². The molecule has 0 aliphatic heterocycles. The van der Waals surface area contributed by atoms with Crippen LogP contribution < -0.4 is 14.5 Å². The van der Waals surface area contributed by atoms with E-state index in [0.717, 1.165) is 6.16 Å². The van der Waals surface area contributed by atoms with Crippen molar-refractivity contribution in [1.82, 2.24) is 0 Å². The van der Waals surface area contributed by atoms with Crippen molar-refractivity contribution >= 4 is 58.9 Å². The standard InChI is InChI=1S/C32H35ClGeNPS/c1-24(2)29-21-14-22-30(25(3)4)32(29)35(34-33)31(26-15-8-5-9-16-26)23-36(37,27-17-10-6-11-18-27)28-19-12-7-13-20-28/h5-22,24-25,31H,23H2,1-4H3/t31-/m0/s1. The summed E-state index contributed by atoms with van der Waals surface area (Å²) in [5.74, 6) is 0.794. The molecule has 4 rings (SSSR count). The predicted octanol–water partition coefficient (Wildman–Crippen LogP) is 8.38. The minimum atomic E-state index is -2.16. The molecule has 0 spiro atoms. The van der Waals surface area contributed by atoms with Crippen molar-refractivity contribution in [3.63, 3.8) is 0 Å². The van der Waals surface area contributed by atoms with E-state index in [1.807, 2.05) is 0 Å². The maximum atomic E-state index is 7.05. The van der Waals surface area contributed by atoms with Gasteiger partial charge in [-0.05, 0) is 0 Å². The Balaban J connectivity index is 1.95. The van der Waals surface area contributed by atoms with Gasteiger partial charge in [0.2, 0.25) is 0 Å². The van der Waals surface area contributed by atoms with Crippen LogP contribution in [0.1, 0.15) is 62.3 Å². The summed E-state index contributed by atoms with van der Waals surface area (Å²) in [6.07, 6.45) is 0.848. The van der Waals surface area contributed by atoms with Gasteiger partial charge in [-0.1, -0.05) is 0 Å². The first kappa shape index (κ1) is 28.2. The molecule has 1 atom stereocenters. The molecular weight excluding hydrogens is 569 g/mol. The second-order valence-electron chi connectivity index (χ2n) is 10.1. The van der Waals surface area contributed by atoms with Gasteiger partial charge in [0.25, 0.3) is 0 Å². The van der Waals surface area contributed by atoms with Crippen molar-refractivity contribution in [2.24, 2.45) is 0 Å². The van der Waals surface area contributed by atoms with E-state index in [-0.39, 0.29) is 6.04 Å². The number of hydrogen-bond acceptors (Lipinski definition) is 2. The number of halogens is 1. The molecule has 2 radical (unpaired) electrons. The molecule has 4 aromatic carbocycles. The van der Waals surface area contributed by atoms with E-state index < -0.39 is 20.8 Å². The molecule has 0 fully saturated rings. The molecule has 0 bridgehead atoms. The van der Waals surface area contributed by atoms with Crippen LogP contribution in [0.3, 0.4) is 0 Å². The summed E-state index contributed by atoms with van der Waals surface area (Å²) in [4.78, 5) is 0. The molecule has 0 aromatic heterocycles. The molecule has 0 unspecified atom stereocenters. The van der Waals surface area contributed by atoms with Gasteiger partial charge in [0.1, 0.15) is 0 Å². The fourth-order valence-electron chi connectivity index (χ4n) is 5.00. The van der Waals surface area contributed by atoms with E-state index in [2.05, 4.69) is 141 Å². The van der Waals surface area contributed by atoms with Crippen molar-refractivity contribution in [3.8, 4) is 0 Å². The van der Waals surface area contributed by atoms with Crippen LogP contribution in [0.4, 0.5) is 5.69 Å². The number of nitrogens with zero attached hydrogens (tertiary/aromatic N) is 1. The first-order valence-corrected chi connectivity index (χ1v) is 19.6. The van der Waals surface area contributed by atoms with Gasteiger partial charge in [0, 0.05) is 0 Å². The average molecular weight is 605 g/mol. The average Bonchev–Trinajstić information content (AvgIpc) is 2.94. The molecule has 190 valence electrons. The maximum absolute atomic E-state index is 7.05. The summed E-state index contributed by atoms with van der Waals surface area (Å²) in [5.41, 5.74) is 5.33. The molecule has 5 heteroatoms. The zero-order valence-electron chi connectivity index (χ0n) is 22.0. The van der Waals surface area contributed by atoms with E-state index in [1.165, 1.54) is 33.0 Å². The molecule has 0 aliphatic rings. The Bertz CT molecular complexity index is 1260. The third-order valence-electron chi connectivity index (χ3n) is 6.95. The number of rotatable bonds is 10. The summed E-state index contributed by atoms with van der Waals surface area (Å²) < 4.78 is 2.55. The summed E-state index contributed by atoms with van der Waals surface area (Å²) in [6.45, 7) is 9.13. The van der Waals surface area contributed by atoms with Crippen molar-refractivity contribution in [3.05, 3.63) is 126 Å². The van der Waals surface area contributed by atoms with Gasteiger partial charge in [0.15, 0.2) is 0 Å². The molecule has 37 heavy (non-hydrogen) atoms. The topological polar surface area (TPSA) is 3.24 Å². The molecular formula is C32H35ClGeNPS. The molecule has 0 saturated heterocycles. The Kier molecular flexibility index (Phi) is 9.75. The molecule has 0 aliphatic carbocycles. The second-order valence-corrected chi connectivity index (χ2v) is 17.1. The molecule has 0 N–H and O–H groups in total. The first-order chi connectivity index (χ1) is 17.9. The van der Waals surface area contributed by atoms with Crippen LogP contribution in [0.2, 0.25) is 0 Å². The third-order valence-corrected chi connectivity index (χ3v) is 14.2. The fraction of sp³-hybridized carbons (Fsp3) is 0.250.